The first-order chi connectivity index (χ1) is 11.2. The maximum absolute atomic E-state index is 12.8. The molecule has 1 amide bonds. The number of hydrogen-bond acceptors (Lipinski definition) is 4. The molecular weight excluding hydrogens is 299 g/mol. The number of hydrogen-bond donors (Lipinski definition) is 1. The highest BCUT2D eigenvalue weighted by Crippen LogP contribution is 2.16. The van der Waals surface area contributed by atoms with Crippen molar-refractivity contribution in [3.8, 4) is 5.75 Å². The van der Waals surface area contributed by atoms with Crippen LogP contribution in [0.25, 0.3) is 0 Å². The zero-order valence-corrected chi connectivity index (χ0v) is 12.0. The molecule has 0 aliphatic carbocycles. The van der Waals surface area contributed by atoms with Crippen LogP contribution in [0.1, 0.15) is 16.3 Å². The fraction of sp³-hybridized carbons (Fsp3) is 0.0588. The van der Waals surface area contributed by atoms with Crippen molar-refractivity contribution in [3.63, 3.8) is 0 Å². The Balaban J connectivity index is 1.59. The normalized spacial score (nSPS) is 10.3. The molecule has 0 bridgehead atoms. The Labute approximate surface area is 131 Å². The number of anilines is 1. The molecular formula is C17H13FN2O3. The van der Waals surface area contributed by atoms with Crippen molar-refractivity contribution >= 4 is 11.6 Å². The summed E-state index contributed by atoms with van der Waals surface area (Å²) < 4.78 is 23.7. The van der Waals surface area contributed by atoms with Crippen molar-refractivity contribution in [2.45, 2.75) is 6.61 Å². The van der Waals surface area contributed by atoms with E-state index in [2.05, 4.69) is 10.3 Å². The summed E-state index contributed by atoms with van der Waals surface area (Å²) in [6.45, 7) is 0.145. The first-order valence-corrected chi connectivity index (χ1v) is 6.89. The maximum atomic E-state index is 12.8. The number of nitrogens with zero attached hydrogens (tertiary/aromatic N) is 1. The highest BCUT2D eigenvalue weighted by Gasteiger charge is 2.12. The molecule has 3 rings (SSSR count). The molecule has 3 aromatic rings. The minimum Gasteiger partial charge on any atom is -0.486 e. The van der Waals surface area contributed by atoms with E-state index >= 15 is 0 Å². The smallest absolute Gasteiger partial charge is 0.291 e. The minimum absolute atomic E-state index is 0.145. The van der Waals surface area contributed by atoms with Gasteiger partial charge in [0.05, 0.1) is 11.9 Å². The van der Waals surface area contributed by atoms with Gasteiger partial charge < -0.3 is 14.5 Å². The molecule has 0 spiro atoms. The number of aromatic nitrogens is 1. The van der Waals surface area contributed by atoms with Crippen molar-refractivity contribution in [1.29, 1.82) is 0 Å². The lowest BCUT2D eigenvalue weighted by molar-refractivity contribution is 0.0992. The van der Waals surface area contributed by atoms with Gasteiger partial charge in [-0.25, -0.2) is 4.39 Å². The fourth-order valence-corrected chi connectivity index (χ4v) is 1.89. The largest absolute Gasteiger partial charge is 0.486 e. The summed E-state index contributed by atoms with van der Waals surface area (Å²) in [5.74, 6) is 0.483. The Kier molecular flexibility index (Phi) is 4.33. The number of ether oxygens (including phenoxy) is 1. The topological polar surface area (TPSA) is 64.4 Å². The zero-order chi connectivity index (χ0) is 16.1. The molecule has 5 nitrogen and oxygen atoms in total. The van der Waals surface area contributed by atoms with Gasteiger partial charge in [-0.1, -0.05) is 0 Å². The average molecular weight is 312 g/mol. The summed E-state index contributed by atoms with van der Waals surface area (Å²) in [5.41, 5.74) is 0.581. The van der Waals surface area contributed by atoms with E-state index in [4.69, 9.17) is 9.15 Å². The van der Waals surface area contributed by atoms with Crippen LogP contribution >= 0.6 is 0 Å². The number of pyridine rings is 1. The number of carbonyl (C=O) groups is 1. The van der Waals surface area contributed by atoms with Gasteiger partial charge in [0.1, 0.15) is 23.9 Å². The summed E-state index contributed by atoms with van der Waals surface area (Å²) in [7, 11) is 0. The second-order valence-corrected chi connectivity index (χ2v) is 4.70. The number of furan rings is 1. The quantitative estimate of drug-likeness (QED) is 0.781. The Hall–Kier alpha value is -3.15. The predicted octanol–water partition coefficient (Wildman–Crippen LogP) is 3.65. The number of benzene rings is 1. The van der Waals surface area contributed by atoms with E-state index in [0.29, 0.717) is 17.2 Å². The van der Waals surface area contributed by atoms with Crippen LogP contribution < -0.4 is 10.1 Å². The van der Waals surface area contributed by atoms with E-state index in [1.54, 1.807) is 36.7 Å². The molecule has 0 saturated heterocycles. The van der Waals surface area contributed by atoms with Crippen LogP contribution in [0.3, 0.4) is 0 Å². The second kappa shape index (κ2) is 6.74. The number of amides is 1. The van der Waals surface area contributed by atoms with Gasteiger partial charge in [0.2, 0.25) is 0 Å². The van der Waals surface area contributed by atoms with Crippen molar-refractivity contribution < 1.29 is 18.3 Å². The van der Waals surface area contributed by atoms with Gasteiger partial charge >= 0.3 is 0 Å². The van der Waals surface area contributed by atoms with E-state index < -0.39 is 0 Å². The molecule has 2 heterocycles. The van der Waals surface area contributed by atoms with Crippen LogP contribution in [-0.4, -0.2) is 10.9 Å². The molecule has 0 atom stereocenters. The van der Waals surface area contributed by atoms with Crippen LogP contribution in [0.5, 0.6) is 5.75 Å². The molecule has 0 aliphatic rings. The van der Waals surface area contributed by atoms with Crippen LogP contribution in [0, 0.1) is 5.82 Å². The molecule has 0 unspecified atom stereocenters. The third kappa shape index (κ3) is 3.94. The van der Waals surface area contributed by atoms with Crippen LogP contribution in [-0.2, 0) is 6.61 Å². The molecule has 0 fully saturated rings. The minimum atomic E-state index is -0.369. The first-order valence-electron chi connectivity index (χ1n) is 6.89. The standard InChI is InChI=1S/C17H13FN2O3/c18-12-3-5-14(6-4-12)22-11-15-7-8-16(23-15)17(21)20-13-2-1-9-19-10-13/h1-10H,11H2,(H,20,21). The van der Waals surface area contributed by atoms with Crippen LogP contribution in [0.2, 0.25) is 0 Å². The molecule has 0 aliphatic heterocycles. The molecule has 1 N–H and O–H groups in total. The molecule has 2 aromatic heterocycles. The van der Waals surface area contributed by atoms with Crippen LogP contribution in [0.4, 0.5) is 10.1 Å². The number of nitrogens with one attached hydrogen (secondary N) is 1. The number of halogens is 1. The maximum Gasteiger partial charge on any atom is 0.291 e. The van der Waals surface area contributed by atoms with E-state index in [9.17, 15) is 9.18 Å². The Bertz CT molecular complexity index is 785. The van der Waals surface area contributed by atoms with Gasteiger partial charge in [0.25, 0.3) is 5.91 Å². The summed E-state index contributed by atoms with van der Waals surface area (Å²) in [5, 5.41) is 2.67. The lowest BCUT2D eigenvalue weighted by Crippen LogP contribution is -2.10. The summed E-state index contributed by atoms with van der Waals surface area (Å²) in [6.07, 6.45) is 3.16. The van der Waals surface area contributed by atoms with Gasteiger partial charge in [-0.2, -0.15) is 0 Å². The van der Waals surface area contributed by atoms with E-state index in [1.165, 1.54) is 24.3 Å². The fourth-order valence-electron chi connectivity index (χ4n) is 1.89. The molecule has 0 radical (unpaired) electrons. The Morgan fingerprint density at radius 1 is 1.17 bits per heavy atom. The monoisotopic (exact) mass is 312 g/mol. The van der Waals surface area contributed by atoms with Crippen molar-refractivity contribution in [1.82, 2.24) is 4.98 Å². The van der Waals surface area contributed by atoms with Crippen LogP contribution in [0.15, 0.2) is 65.3 Å². The molecule has 6 heteroatoms. The number of rotatable bonds is 5. The van der Waals surface area contributed by atoms with Crippen molar-refractivity contribution in [2.75, 3.05) is 5.32 Å². The van der Waals surface area contributed by atoms with Crippen molar-refractivity contribution in [2.24, 2.45) is 0 Å². The first kappa shape index (κ1) is 14.8. The van der Waals surface area contributed by atoms with Gasteiger partial charge in [-0.15, -0.1) is 0 Å². The highest BCUT2D eigenvalue weighted by molar-refractivity contribution is 6.02. The van der Waals surface area contributed by atoms with E-state index in [1.807, 2.05) is 0 Å². The van der Waals surface area contributed by atoms with Gasteiger partial charge in [0.15, 0.2) is 5.76 Å². The average Bonchev–Trinajstić information content (AvgIpc) is 3.04. The third-order valence-corrected chi connectivity index (χ3v) is 3.00. The lowest BCUT2D eigenvalue weighted by atomic mass is 10.3. The van der Waals surface area contributed by atoms with Gasteiger partial charge in [-0.05, 0) is 48.5 Å². The van der Waals surface area contributed by atoms with Gasteiger partial charge in [-0.3, -0.25) is 9.78 Å². The van der Waals surface area contributed by atoms with Crippen molar-refractivity contribution in [3.05, 3.63) is 78.3 Å². The molecule has 23 heavy (non-hydrogen) atoms. The summed E-state index contributed by atoms with van der Waals surface area (Å²) >= 11 is 0. The third-order valence-electron chi connectivity index (χ3n) is 3.00. The highest BCUT2D eigenvalue weighted by atomic mass is 19.1. The van der Waals surface area contributed by atoms with E-state index in [-0.39, 0.29) is 24.1 Å². The SMILES string of the molecule is O=C(Nc1cccnc1)c1ccc(COc2ccc(F)cc2)o1. The number of carbonyl (C=O) groups excluding carboxylic acids is 1. The van der Waals surface area contributed by atoms with E-state index in [0.717, 1.165) is 0 Å². The Morgan fingerprint density at radius 3 is 2.74 bits per heavy atom. The summed E-state index contributed by atoms with van der Waals surface area (Å²) in [4.78, 5) is 15.9. The summed E-state index contributed by atoms with van der Waals surface area (Å²) in [6, 6.07) is 12.3. The predicted molar refractivity (Wildman–Crippen MR) is 81.6 cm³/mol. The van der Waals surface area contributed by atoms with Gasteiger partial charge in [0, 0.05) is 6.20 Å². The second-order valence-electron chi connectivity index (χ2n) is 4.70. The molecule has 1 aromatic carbocycles. The molecule has 0 saturated carbocycles. The Morgan fingerprint density at radius 2 is 2.00 bits per heavy atom. The zero-order valence-electron chi connectivity index (χ0n) is 12.0. The lowest BCUT2D eigenvalue weighted by Gasteiger charge is -2.04. The molecule has 116 valence electrons.